The lowest BCUT2D eigenvalue weighted by Crippen LogP contribution is -2.11. The topological polar surface area (TPSA) is 16.4 Å². The Labute approximate surface area is 279 Å². The third-order valence-corrected chi connectivity index (χ3v) is 9.27. The zero-order valence-corrected chi connectivity index (χ0v) is 26.3. The van der Waals surface area contributed by atoms with Crippen LogP contribution in [0, 0.1) is 0 Å². The maximum absolute atomic E-state index is 6.78. The zero-order valence-electron chi connectivity index (χ0n) is 26.3. The number of furan rings is 1. The van der Waals surface area contributed by atoms with Gasteiger partial charge in [-0.3, -0.25) is 0 Å². The molecular weight excluding hydrogens is 583 g/mol. The molecule has 9 rings (SSSR count). The Bertz CT molecular complexity index is 2530. The Morgan fingerprint density at radius 1 is 0.354 bits per heavy atom. The van der Waals surface area contributed by atoms with Crippen LogP contribution >= 0.6 is 0 Å². The normalized spacial score (nSPS) is 11.3. The first-order valence-corrected chi connectivity index (χ1v) is 16.4. The predicted molar refractivity (Wildman–Crippen MR) is 202 cm³/mol. The van der Waals surface area contributed by atoms with Crippen molar-refractivity contribution >= 4 is 49.8 Å². The summed E-state index contributed by atoms with van der Waals surface area (Å²) in [5.41, 5.74) is 12.1. The summed E-state index contributed by atoms with van der Waals surface area (Å²) >= 11 is 0. The maximum Gasteiger partial charge on any atom is 0.143 e. The number of rotatable bonds is 6. The average Bonchev–Trinajstić information content (AvgIpc) is 3.55. The van der Waals surface area contributed by atoms with Gasteiger partial charge in [-0.05, 0) is 69.4 Å². The largest absolute Gasteiger partial charge is 0.455 e. The molecule has 0 saturated heterocycles. The molecule has 0 aliphatic heterocycles. The van der Waals surface area contributed by atoms with Crippen molar-refractivity contribution in [1.82, 2.24) is 0 Å². The molecule has 0 radical (unpaired) electrons. The van der Waals surface area contributed by atoms with Crippen LogP contribution in [-0.4, -0.2) is 0 Å². The second kappa shape index (κ2) is 11.8. The fourth-order valence-electron chi connectivity index (χ4n) is 7.07. The van der Waals surface area contributed by atoms with Crippen molar-refractivity contribution in [2.45, 2.75) is 0 Å². The molecule has 0 spiro atoms. The second-order valence-corrected chi connectivity index (χ2v) is 12.1. The van der Waals surface area contributed by atoms with Crippen LogP contribution in [-0.2, 0) is 0 Å². The summed E-state index contributed by atoms with van der Waals surface area (Å²) in [4.78, 5) is 2.34. The molecule has 0 fully saturated rings. The second-order valence-electron chi connectivity index (χ2n) is 12.1. The summed E-state index contributed by atoms with van der Waals surface area (Å²) in [7, 11) is 0. The standard InChI is InChI=1S/C46H31NO/c1-4-15-32(16-5-1)37-21-12-13-26-43(37)47(35-19-8-3-9-20-35)36-29-27-34(28-30-36)38-24-14-25-41-45-40-23-11-10-22-39(40)42(31-44(45)48-46(38)41)33-17-6-2-7-18-33/h1-31H. The Balaban J connectivity index is 1.19. The molecule has 0 aliphatic carbocycles. The minimum absolute atomic E-state index is 0.902. The summed E-state index contributed by atoms with van der Waals surface area (Å²) in [5.74, 6) is 0. The first kappa shape index (κ1) is 27.9. The lowest BCUT2D eigenvalue weighted by Gasteiger charge is -2.28. The number of benzene rings is 8. The summed E-state index contributed by atoms with van der Waals surface area (Å²) in [6, 6.07) is 66.6. The highest BCUT2D eigenvalue weighted by molar-refractivity contribution is 6.23. The van der Waals surface area contributed by atoms with Crippen molar-refractivity contribution in [2.75, 3.05) is 4.90 Å². The smallest absolute Gasteiger partial charge is 0.143 e. The monoisotopic (exact) mass is 613 g/mol. The van der Waals surface area contributed by atoms with Gasteiger partial charge in [0.2, 0.25) is 0 Å². The maximum atomic E-state index is 6.78. The molecule has 0 aliphatic rings. The highest BCUT2D eigenvalue weighted by Gasteiger charge is 2.19. The third-order valence-electron chi connectivity index (χ3n) is 9.27. The van der Waals surface area contributed by atoms with E-state index in [4.69, 9.17) is 4.42 Å². The molecule has 2 nitrogen and oxygen atoms in total. The van der Waals surface area contributed by atoms with E-state index in [2.05, 4.69) is 193 Å². The Hall–Kier alpha value is -6.38. The van der Waals surface area contributed by atoms with E-state index in [1.54, 1.807) is 0 Å². The van der Waals surface area contributed by atoms with Crippen molar-refractivity contribution in [2.24, 2.45) is 0 Å². The van der Waals surface area contributed by atoms with E-state index >= 15 is 0 Å². The summed E-state index contributed by atoms with van der Waals surface area (Å²) in [6.07, 6.45) is 0. The van der Waals surface area contributed by atoms with Gasteiger partial charge in [0.15, 0.2) is 0 Å². The van der Waals surface area contributed by atoms with Crippen molar-refractivity contribution < 1.29 is 4.42 Å². The first-order valence-electron chi connectivity index (χ1n) is 16.4. The van der Waals surface area contributed by atoms with E-state index in [-0.39, 0.29) is 0 Å². The molecule has 0 atom stereocenters. The molecule has 48 heavy (non-hydrogen) atoms. The van der Waals surface area contributed by atoms with Crippen LogP contribution in [0.25, 0.3) is 66.1 Å². The van der Waals surface area contributed by atoms with Gasteiger partial charge in [-0.25, -0.2) is 0 Å². The van der Waals surface area contributed by atoms with Gasteiger partial charge in [0, 0.05) is 33.3 Å². The third kappa shape index (κ3) is 4.74. The van der Waals surface area contributed by atoms with Gasteiger partial charge in [0.1, 0.15) is 11.2 Å². The van der Waals surface area contributed by atoms with Crippen LogP contribution in [0.15, 0.2) is 192 Å². The number of nitrogens with zero attached hydrogens (tertiary/aromatic N) is 1. The van der Waals surface area contributed by atoms with Crippen LogP contribution in [0.1, 0.15) is 0 Å². The number of hydrogen-bond donors (Lipinski definition) is 0. The lowest BCUT2D eigenvalue weighted by molar-refractivity contribution is 0.670. The van der Waals surface area contributed by atoms with Gasteiger partial charge in [0.25, 0.3) is 0 Å². The Morgan fingerprint density at radius 2 is 0.875 bits per heavy atom. The predicted octanol–water partition coefficient (Wildman–Crippen LogP) is 13.2. The molecule has 0 bridgehead atoms. The number of hydrogen-bond acceptors (Lipinski definition) is 2. The van der Waals surface area contributed by atoms with Crippen molar-refractivity contribution in [1.29, 1.82) is 0 Å². The Morgan fingerprint density at radius 3 is 1.60 bits per heavy atom. The average molecular weight is 614 g/mol. The van der Waals surface area contributed by atoms with Crippen LogP contribution < -0.4 is 4.90 Å². The fraction of sp³-hybridized carbons (Fsp3) is 0. The highest BCUT2D eigenvalue weighted by Crippen LogP contribution is 2.44. The van der Waals surface area contributed by atoms with Gasteiger partial charge in [-0.1, -0.05) is 152 Å². The van der Waals surface area contributed by atoms with Crippen LogP contribution in [0.5, 0.6) is 0 Å². The van der Waals surface area contributed by atoms with Crippen molar-refractivity contribution in [3.63, 3.8) is 0 Å². The SMILES string of the molecule is c1ccc(-c2ccccc2N(c2ccccc2)c2ccc(-c3cccc4c3oc3cc(-c5ccccc5)c5ccccc5c34)cc2)cc1. The molecule has 9 aromatic rings. The summed E-state index contributed by atoms with van der Waals surface area (Å²) in [6.45, 7) is 0. The molecule has 0 unspecified atom stereocenters. The minimum atomic E-state index is 0.902. The van der Waals surface area contributed by atoms with Gasteiger partial charge >= 0.3 is 0 Å². The van der Waals surface area contributed by atoms with E-state index in [1.807, 2.05) is 0 Å². The molecule has 1 heterocycles. The molecule has 2 heteroatoms. The van der Waals surface area contributed by atoms with Crippen LogP contribution in [0.2, 0.25) is 0 Å². The van der Waals surface area contributed by atoms with E-state index in [0.717, 1.165) is 50.1 Å². The number of fused-ring (bicyclic) bond motifs is 5. The quantitative estimate of drug-likeness (QED) is 0.185. The molecule has 0 amide bonds. The molecule has 0 saturated carbocycles. The van der Waals surface area contributed by atoms with Gasteiger partial charge < -0.3 is 9.32 Å². The fourth-order valence-corrected chi connectivity index (χ4v) is 7.07. The molecule has 1 aromatic heterocycles. The minimum Gasteiger partial charge on any atom is -0.455 e. The number of para-hydroxylation sites is 3. The van der Waals surface area contributed by atoms with Gasteiger partial charge in [0.05, 0.1) is 5.69 Å². The summed E-state index contributed by atoms with van der Waals surface area (Å²) in [5, 5.41) is 4.72. The van der Waals surface area contributed by atoms with Crippen LogP contribution in [0.4, 0.5) is 17.1 Å². The first-order chi connectivity index (χ1) is 23.8. The Kier molecular flexibility index (Phi) is 6.84. The summed E-state index contributed by atoms with van der Waals surface area (Å²) < 4.78 is 6.78. The van der Waals surface area contributed by atoms with E-state index < -0.39 is 0 Å². The van der Waals surface area contributed by atoms with Crippen LogP contribution in [0.3, 0.4) is 0 Å². The van der Waals surface area contributed by atoms with Gasteiger partial charge in [-0.15, -0.1) is 0 Å². The molecular formula is C46H31NO. The van der Waals surface area contributed by atoms with E-state index in [9.17, 15) is 0 Å². The molecule has 8 aromatic carbocycles. The van der Waals surface area contributed by atoms with E-state index in [0.29, 0.717) is 0 Å². The number of anilines is 3. The van der Waals surface area contributed by atoms with Crippen molar-refractivity contribution in [3.8, 4) is 33.4 Å². The molecule has 0 N–H and O–H groups in total. The lowest BCUT2D eigenvalue weighted by atomic mass is 9.94. The van der Waals surface area contributed by atoms with Gasteiger partial charge in [-0.2, -0.15) is 0 Å². The van der Waals surface area contributed by atoms with E-state index in [1.165, 1.54) is 33.0 Å². The highest BCUT2D eigenvalue weighted by atomic mass is 16.3. The van der Waals surface area contributed by atoms with Crippen molar-refractivity contribution in [3.05, 3.63) is 188 Å². The zero-order chi connectivity index (χ0) is 31.9. The molecule has 226 valence electrons.